The number of nitrogens with zero attached hydrogens (tertiary/aromatic N) is 2. The lowest BCUT2D eigenvalue weighted by molar-refractivity contribution is 0.00578. The molecule has 7 rings (SSSR count). The lowest BCUT2D eigenvalue weighted by Crippen LogP contribution is -2.41. The van der Waals surface area contributed by atoms with Crippen LogP contribution in [-0.4, -0.2) is 18.3 Å². The summed E-state index contributed by atoms with van der Waals surface area (Å²) < 4.78 is 29.6. The SMILES string of the molecule is [C-]#[N+]c1cccc(N(c2ccc(F)cc2)c2cc(-c3ccccc3B3OC(C)(C)C(C)(C)O3)c3sc4ccccc4c3c2)c1. The first-order valence-electron chi connectivity index (χ1n) is 14.6. The predicted octanol–water partition coefficient (Wildman–Crippen LogP) is 10.2. The van der Waals surface area contributed by atoms with Gasteiger partial charge in [0.05, 0.1) is 17.8 Å². The van der Waals surface area contributed by atoms with Gasteiger partial charge in [-0.2, -0.15) is 0 Å². The minimum absolute atomic E-state index is 0.306. The number of benzene rings is 5. The zero-order chi connectivity index (χ0) is 30.6. The maximum absolute atomic E-state index is 14.1. The number of hydrogen-bond donors (Lipinski definition) is 0. The second kappa shape index (κ2) is 10.6. The Morgan fingerprint density at radius 3 is 2.16 bits per heavy atom. The minimum Gasteiger partial charge on any atom is -0.399 e. The highest BCUT2D eigenvalue weighted by atomic mass is 32.1. The molecule has 0 saturated carbocycles. The zero-order valence-corrected chi connectivity index (χ0v) is 25.8. The van der Waals surface area contributed by atoms with Crippen LogP contribution in [-0.2, 0) is 9.31 Å². The van der Waals surface area contributed by atoms with E-state index in [-0.39, 0.29) is 5.82 Å². The van der Waals surface area contributed by atoms with Crippen molar-refractivity contribution in [2.45, 2.75) is 38.9 Å². The lowest BCUT2D eigenvalue weighted by atomic mass is 9.74. The summed E-state index contributed by atoms with van der Waals surface area (Å²) >= 11 is 1.76. The van der Waals surface area contributed by atoms with Gasteiger partial charge < -0.3 is 14.2 Å². The van der Waals surface area contributed by atoms with E-state index in [1.54, 1.807) is 29.5 Å². The highest BCUT2D eigenvalue weighted by Gasteiger charge is 2.52. The molecule has 1 aliphatic heterocycles. The van der Waals surface area contributed by atoms with Gasteiger partial charge in [-0.05, 0) is 93.3 Å². The van der Waals surface area contributed by atoms with Gasteiger partial charge in [-0.1, -0.05) is 54.6 Å². The smallest absolute Gasteiger partial charge is 0.399 e. The van der Waals surface area contributed by atoms with Crippen molar-refractivity contribution in [3.8, 4) is 11.1 Å². The summed E-state index contributed by atoms with van der Waals surface area (Å²) in [7, 11) is -0.534. The van der Waals surface area contributed by atoms with Gasteiger partial charge in [0.15, 0.2) is 5.69 Å². The fourth-order valence-corrected chi connectivity index (χ4v) is 7.01. The van der Waals surface area contributed by atoms with Crippen LogP contribution in [0.5, 0.6) is 0 Å². The lowest BCUT2D eigenvalue weighted by Gasteiger charge is -2.32. The Hall–Kier alpha value is -4.48. The van der Waals surface area contributed by atoms with E-state index >= 15 is 0 Å². The Morgan fingerprint density at radius 1 is 0.705 bits per heavy atom. The third kappa shape index (κ3) is 4.76. The van der Waals surface area contributed by atoms with E-state index < -0.39 is 18.3 Å². The molecule has 6 aromatic rings. The molecule has 1 aromatic heterocycles. The maximum atomic E-state index is 14.1. The molecule has 1 aliphatic rings. The Balaban J connectivity index is 1.51. The molecule has 0 unspecified atom stereocenters. The van der Waals surface area contributed by atoms with Gasteiger partial charge in [0.1, 0.15) is 5.82 Å². The van der Waals surface area contributed by atoms with Crippen LogP contribution in [0.15, 0.2) is 109 Å². The topological polar surface area (TPSA) is 26.1 Å². The molecule has 0 bridgehead atoms. The molecule has 1 fully saturated rings. The summed E-state index contributed by atoms with van der Waals surface area (Å²) in [6.45, 7) is 15.9. The molecule has 0 atom stereocenters. The molecule has 216 valence electrons. The molecule has 1 saturated heterocycles. The van der Waals surface area contributed by atoms with Crippen LogP contribution >= 0.6 is 11.3 Å². The third-order valence-corrected chi connectivity index (χ3v) is 10.0. The largest absolute Gasteiger partial charge is 0.495 e. The van der Waals surface area contributed by atoms with Crippen molar-refractivity contribution in [2.24, 2.45) is 0 Å². The maximum Gasteiger partial charge on any atom is 0.495 e. The number of rotatable bonds is 5. The highest BCUT2D eigenvalue weighted by Crippen LogP contribution is 2.46. The van der Waals surface area contributed by atoms with E-state index in [2.05, 4.69) is 86.0 Å². The summed E-state index contributed by atoms with van der Waals surface area (Å²) in [6, 6.07) is 35.1. The molecule has 2 heterocycles. The monoisotopic (exact) mass is 596 g/mol. The van der Waals surface area contributed by atoms with Crippen molar-refractivity contribution in [3.05, 3.63) is 126 Å². The molecule has 0 spiro atoms. The number of anilines is 3. The predicted molar refractivity (Wildman–Crippen MR) is 181 cm³/mol. The van der Waals surface area contributed by atoms with Crippen LogP contribution in [0.2, 0.25) is 0 Å². The summed E-state index contributed by atoms with van der Waals surface area (Å²) in [5.74, 6) is -0.306. The molecule has 44 heavy (non-hydrogen) atoms. The molecular weight excluding hydrogens is 566 g/mol. The van der Waals surface area contributed by atoms with E-state index in [4.69, 9.17) is 15.9 Å². The minimum atomic E-state index is -0.534. The van der Waals surface area contributed by atoms with Gasteiger partial charge in [-0.3, -0.25) is 0 Å². The Bertz CT molecular complexity index is 2060. The van der Waals surface area contributed by atoms with Gasteiger partial charge in [0, 0.05) is 42.8 Å². The van der Waals surface area contributed by atoms with Crippen molar-refractivity contribution in [1.82, 2.24) is 0 Å². The number of halogens is 1. The molecular formula is C37H30BFN2O2S. The summed E-state index contributed by atoms with van der Waals surface area (Å²) in [6.07, 6.45) is 0. The van der Waals surface area contributed by atoms with Crippen molar-refractivity contribution >= 4 is 66.8 Å². The van der Waals surface area contributed by atoms with Gasteiger partial charge >= 0.3 is 7.12 Å². The van der Waals surface area contributed by atoms with E-state index in [9.17, 15) is 4.39 Å². The molecule has 0 radical (unpaired) electrons. The molecule has 7 heteroatoms. The second-order valence-corrected chi connectivity index (χ2v) is 13.1. The number of thiophene rings is 1. The number of fused-ring (bicyclic) bond motifs is 3. The summed E-state index contributed by atoms with van der Waals surface area (Å²) in [5, 5.41) is 2.29. The molecule has 0 aliphatic carbocycles. The summed E-state index contributed by atoms with van der Waals surface area (Å²) in [5.41, 5.74) is 5.12. The average molecular weight is 597 g/mol. The van der Waals surface area contributed by atoms with Crippen LogP contribution in [0.4, 0.5) is 27.1 Å². The van der Waals surface area contributed by atoms with Crippen LogP contribution in [0.25, 0.3) is 36.1 Å². The van der Waals surface area contributed by atoms with Crippen molar-refractivity contribution in [3.63, 3.8) is 0 Å². The first kappa shape index (κ1) is 28.3. The standard InChI is InChI=1S/C37H30BFN2O2S/c1-36(2)37(3,4)43-38(42-36)33-15-8-6-13-29(33)31-22-28(23-32-30-14-7-9-16-34(30)44-35(31)32)41(26-19-17-24(39)18-20-26)27-12-10-11-25(21-27)40-5/h6-23H,1-4H3. The Morgan fingerprint density at radius 2 is 1.41 bits per heavy atom. The van der Waals surface area contributed by atoms with E-state index in [1.165, 1.54) is 16.8 Å². The van der Waals surface area contributed by atoms with Gasteiger partial charge in [0.2, 0.25) is 0 Å². The van der Waals surface area contributed by atoms with Gasteiger partial charge in [-0.15, -0.1) is 11.3 Å². The Labute approximate surface area is 261 Å². The Kier molecular flexibility index (Phi) is 6.82. The second-order valence-electron chi connectivity index (χ2n) is 12.1. The molecule has 4 nitrogen and oxygen atoms in total. The van der Waals surface area contributed by atoms with Gasteiger partial charge in [0.25, 0.3) is 0 Å². The fourth-order valence-electron chi connectivity index (χ4n) is 5.80. The van der Waals surface area contributed by atoms with E-state index in [0.717, 1.165) is 49.1 Å². The first-order chi connectivity index (χ1) is 21.1. The fraction of sp³-hybridized carbons (Fsp3) is 0.162. The van der Waals surface area contributed by atoms with Crippen molar-refractivity contribution in [2.75, 3.05) is 4.90 Å². The van der Waals surface area contributed by atoms with Gasteiger partial charge in [-0.25, -0.2) is 9.24 Å². The molecule has 0 amide bonds. The van der Waals surface area contributed by atoms with E-state index in [0.29, 0.717) is 5.69 Å². The van der Waals surface area contributed by atoms with Crippen LogP contribution < -0.4 is 10.4 Å². The normalized spacial score (nSPS) is 15.5. The van der Waals surface area contributed by atoms with Crippen molar-refractivity contribution < 1.29 is 13.7 Å². The van der Waals surface area contributed by atoms with Crippen LogP contribution in [0, 0.1) is 12.4 Å². The summed E-state index contributed by atoms with van der Waals surface area (Å²) in [4.78, 5) is 5.76. The molecule has 0 N–H and O–H groups in total. The van der Waals surface area contributed by atoms with Crippen molar-refractivity contribution in [1.29, 1.82) is 0 Å². The van der Waals surface area contributed by atoms with Crippen LogP contribution in [0.3, 0.4) is 0 Å². The molecule has 5 aromatic carbocycles. The van der Waals surface area contributed by atoms with Crippen LogP contribution in [0.1, 0.15) is 27.7 Å². The number of hydrogen-bond acceptors (Lipinski definition) is 4. The zero-order valence-electron chi connectivity index (χ0n) is 25.0. The average Bonchev–Trinajstić information content (AvgIpc) is 3.50. The first-order valence-corrected chi connectivity index (χ1v) is 15.4. The quantitative estimate of drug-likeness (QED) is 0.146. The highest BCUT2D eigenvalue weighted by molar-refractivity contribution is 7.26. The third-order valence-electron chi connectivity index (χ3n) is 8.78. The van der Waals surface area contributed by atoms with E-state index in [1.807, 2.05) is 30.3 Å².